The van der Waals surface area contributed by atoms with Gasteiger partial charge in [0.2, 0.25) is 0 Å². The molecule has 3 aromatic rings. The average Bonchev–Trinajstić information content (AvgIpc) is 2.64. The van der Waals surface area contributed by atoms with E-state index in [1.165, 1.54) is 10.8 Å². The van der Waals surface area contributed by atoms with Crippen LogP contribution < -0.4 is 5.32 Å². The van der Waals surface area contributed by atoms with Gasteiger partial charge >= 0.3 is 0 Å². The van der Waals surface area contributed by atoms with E-state index in [1.807, 2.05) is 18.2 Å². The molecule has 1 aliphatic rings. The van der Waals surface area contributed by atoms with Crippen LogP contribution in [0.3, 0.4) is 0 Å². The fourth-order valence-electron chi connectivity index (χ4n) is 3.60. The Labute approximate surface area is 141 Å². The molecule has 1 atom stereocenters. The fourth-order valence-corrected chi connectivity index (χ4v) is 3.60. The molecule has 0 spiro atoms. The molecule has 3 heteroatoms. The number of nitrogens with one attached hydrogen (secondary N) is 1. The standard InChI is InChI=1S/C21H21FN2/c22-20-8-4-3-7-19(20)21(24-13-11-23-12-14-24)18-10-9-16-5-1-2-6-17(16)15-18/h1-10,15,21,23H,11-14H2. The molecular formula is C21H21FN2. The zero-order valence-electron chi connectivity index (χ0n) is 13.6. The Balaban J connectivity index is 1.82. The molecule has 3 aromatic carbocycles. The minimum atomic E-state index is -0.130. The van der Waals surface area contributed by atoms with Gasteiger partial charge in [0.25, 0.3) is 0 Å². The van der Waals surface area contributed by atoms with Crippen LogP contribution in [0.15, 0.2) is 66.7 Å². The lowest BCUT2D eigenvalue weighted by atomic mass is 9.94. The smallest absolute Gasteiger partial charge is 0.128 e. The van der Waals surface area contributed by atoms with Gasteiger partial charge in [-0.2, -0.15) is 0 Å². The number of rotatable bonds is 3. The predicted octanol–water partition coefficient (Wildman–Crippen LogP) is 3.97. The molecule has 2 nitrogen and oxygen atoms in total. The Hall–Kier alpha value is -2.23. The summed E-state index contributed by atoms with van der Waals surface area (Å²) in [5.74, 6) is -0.130. The second-order valence-corrected chi connectivity index (χ2v) is 6.32. The van der Waals surface area contributed by atoms with E-state index < -0.39 is 0 Å². The summed E-state index contributed by atoms with van der Waals surface area (Å²) in [6.45, 7) is 3.73. The van der Waals surface area contributed by atoms with Gasteiger partial charge in [-0.3, -0.25) is 4.90 Å². The maximum absolute atomic E-state index is 14.6. The van der Waals surface area contributed by atoms with E-state index in [2.05, 4.69) is 46.6 Å². The van der Waals surface area contributed by atoms with E-state index in [0.717, 1.165) is 37.3 Å². The third-order valence-corrected chi connectivity index (χ3v) is 4.81. The summed E-state index contributed by atoms with van der Waals surface area (Å²) in [5.41, 5.74) is 1.91. The van der Waals surface area contributed by atoms with Gasteiger partial charge in [0.15, 0.2) is 0 Å². The van der Waals surface area contributed by atoms with Crippen LogP contribution in [0, 0.1) is 5.82 Å². The highest BCUT2D eigenvalue weighted by Gasteiger charge is 2.26. The Morgan fingerprint density at radius 1 is 0.833 bits per heavy atom. The summed E-state index contributed by atoms with van der Waals surface area (Å²) in [6.07, 6.45) is 0. The molecular weight excluding hydrogens is 299 g/mol. The van der Waals surface area contributed by atoms with E-state index in [0.29, 0.717) is 0 Å². The van der Waals surface area contributed by atoms with Crippen LogP contribution in [0.25, 0.3) is 10.8 Å². The third kappa shape index (κ3) is 2.93. The van der Waals surface area contributed by atoms with Gasteiger partial charge in [0.05, 0.1) is 6.04 Å². The normalized spacial score (nSPS) is 17.0. The number of benzene rings is 3. The quantitative estimate of drug-likeness (QED) is 0.785. The number of fused-ring (bicyclic) bond motifs is 1. The van der Waals surface area contributed by atoms with Crippen LogP contribution in [0.1, 0.15) is 17.2 Å². The zero-order valence-corrected chi connectivity index (χ0v) is 13.6. The monoisotopic (exact) mass is 320 g/mol. The summed E-state index contributed by atoms with van der Waals surface area (Å²) in [5, 5.41) is 5.80. The topological polar surface area (TPSA) is 15.3 Å². The number of nitrogens with zero attached hydrogens (tertiary/aromatic N) is 1. The molecule has 0 bridgehead atoms. The van der Waals surface area contributed by atoms with E-state index >= 15 is 0 Å². The maximum Gasteiger partial charge on any atom is 0.128 e. The van der Waals surface area contributed by atoms with Crippen LogP contribution in [0.4, 0.5) is 4.39 Å². The maximum atomic E-state index is 14.6. The molecule has 0 radical (unpaired) electrons. The molecule has 1 unspecified atom stereocenters. The summed E-state index contributed by atoms with van der Waals surface area (Å²) >= 11 is 0. The van der Waals surface area contributed by atoms with Crippen molar-refractivity contribution >= 4 is 10.8 Å². The number of piperazine rings is 1. The van der Waals surface area contributed by atoms with E-state index in [9.17, 15) is 4.39 Å². The van der Waals surface area contributed by atoms with Crippen molar-refractivity contribution in [3.8, 4) is 0 Å². The minimum absolute atomic E-state index is 0.0436. The van der Waals surface area contributed by atoms with Gasteiger partial charge in [-0.25, -0.2) is 4.39 Å². The van der Waals surface area contributed by atoms with Crippen LogP contribution in [0.5, 0.6) is 0 Å². The molecule has 1 fully saturated rings. The summed E-state index contributed by atoms with van der Waals surface area (Å²) in [4.78, 5) is 2.37. The molecule has 1 aliphatic heterocycles. The Kier molecular flexibility index (Phi) is 4.28. The van der Waals surface area contributed by atoms with Crippen molar-refractivity contribution < 1.29 is 4.39 Å². The van der Waals surface area contributed by atoms with Crippen LogP contribution in [0.2, 0.25) is 0 Å². The van der Waals surface area contributed by atoms with Gasteiger partial charge in [-0.05, 0) is 28.5 Å². The van der Waals surface area contributed by atoms with Crippen LogP contribution >= 0.6 is 0 Å². The molecule has 0 saturated carbocycles. The third-order valence-electron chi connectivity index (χ3n) is 4.81. The number of halogens is 1. The molecule has 4 rings (SSSR count). The van der Waals surface area contributed by atoms with E-state index in [1.54, 1.807) is 12.1 Å². The SMILES string of the molecule is Fc1ccccc1C(c1ccc2ccccc2c1)N1CCNCC1. The first kappa shape index (κ1) is 15.3. The molecule has 0 amide bonds. The highest BCUT2D eigenvalue weighted by atomic mass is 19.1. The van der Waals surface area contributed by atoms with Gasteiger partial charge in [-0.1, -0.05) is 54.6 Å². The van der Waals surface area contributed by atoms with Crippen LogP contribution in [-0.4, -0.2) is 31.1 Å². The average molecular weight is 320 g/mol. The van der Waals surface area contributed by atoms with Crippen molar-refractivity contribution in [1.82, 2.24) is 10.2 Å². The second kappa shape index (κ2) is 6.71. The highest BCUT2D eigenvalue weighted by Crippen LogP contribution is 2.32. The van der Waals surface area contributed by atoms with Crippen molar-refractivity contribution in [2.24, 2.45) is 0 Å². The van der Waals surface area contributed by atoms with E-state index in [-0.39, 0.29) is 11.9 Å². The highest BCUT2D eigenvalue weighted by molar-refractivity contribution is 5.83. The summed E-state index contributed by atoms with van der Waals surface area (Å²) in [7, 11) is 0. The molecule has 0 aromatic heterocycles. The zero-order chi connectivity index (χ0) is 16.4. The molecule has 24 heavy (non-hydrogen) atoms. The predicted molar refractivity (Wildman–Crippen MR) is 96.6 cm³/mol. The number of hydrogen-bond donors (Lipinski definition) is 1. The van der Waals surface area contributed by atoms with Crippen molar-refractivity contribution in [2.75, 3.05) is 26.2 Å². The number of hydrogen-bond acceptors (Lipinski definition) is 2. The van der Waals surface area contributed by atoms with Crippen molar-refractivity contribution in [1.29, 1.82) is 0 Å². The molecule has 1 heterocycles. The first-order valence-corrected chi connectivity index (χ1v) is 8.51. The largest absolute Gasteiger partial charge is 0.314 e. The lowest BCUT2D eigenvalue weighted by Gasteiger charge is -2.35. The van der Waals surface area contributed by atoms with Gasteiger partial charge in [-0.15, -0.1) is 0 Å². The van der Waals surface area contributed by atoms with Crippen molar-refractivity contribution in [2.45, 2.75) is 6.04 Å². The fraction of sp³-hybridized carbons (Fsp3) is 0.238. The Bertz CT molecular complexity index is 840. The first-order valence-electron chi connectivity index (χ1n) is 8.51. The Morgan fingerprint density at radius 3 is 2.33 bits per heavy atom. The summed E-state index contributed by atoms with van der Waals surface area (Å²) < 4.78 is 14.6. The van der Waals surface area contributed by atoms with E-state index in [4.69, 9.17) is 0 Å². The lowest BCUT2D eigenvalue weighted by Crippen LogP contribution is -2.45. The molecule has 1 N–H and O–H groups in total. The van der Waals surface area contributed by atoms with Crippen molar-refractivity contribution in [3.05, 3.63) is 83.7 Å². The first-order chi connectivity index (χ1) is 11.8. The molecule has 0 aliphatic carbocycles. The lowest BCUT2D eigenvalue weighted by molar-refractivity contribution is 0.195. The second-order valence-electron chi connectivity index (χ2n) is 6.32. The van der Waals surface area contributed by atoms with Gasteiger partial charge in [0.1, 0.15) is 5.82 Å². The minimum Gasteiger partial charge on any atom is -0.314 e. The van der Waals surface area contributed by atoms with Gasteiger partial charge in [0, 0.05) is 31.7 Å². The Morgan fingerprint density at radius 2 is 1.54 bits per heavy atom. The van der Waals surface area contributed by atoms with Gasteiger partial charge < -0.3 is 5.32 Å². The van der Waals surface area contributed by atoms with Crippen molar-refractivity contribution in [3.63, 3.8) is 0 Å². The molecule has 122 valence electrons. The van der Waals surface area contributed by atoms with Crippen LogP contribution in [-0.2, 0) is 0 Å². The molecule has 1 saturated heterocycles. The summed E-state index contributed by atoms with van der Waals surface area (Å²) in [6, 6.07) is 21.9.